The molecule has 0 unspecified atom stereocenters. The molecule has 0 aliphatic carbocycles. The predicted molar refractivity (Wildman–Crippen MR) is 105 cm³/mol. The summed E-state index contributed by atoms with van der Waals surface area (Å²) >= 11 is 5.86. The standard InChI is InChI=1S/C20H23ClN4O3/c1-14-23-13-17(20(27)25-8-10-28-11-9-25)18(24-14)6-7-22-19(26)12-15-2-4-16(21)5-3-15/h2-5,13H,6-12H2,1H3,(H,22,26). The van der Waals surface area contributed by atoms with Gasteiger partial charge in [0.2, 0.25) is 5.91 Å². The first-order valence-electron chi connectivity index (χ1n) is 9.23. The summed E-state index contributed by atoms with van der Waals surface area (Å²) in [7, 11) is 0. The minimum atomic E-state index is -0.0919. The van der Waals surface area contributed by atoms with Gasteiger partial charge in [-0.1, -0.05) is 23.7 Å². The maximum atomic E-state index is 12.8. The highest BCUT2D eigenvalue weighted by atomic mass is 35.5. The van der Waals surface area contributed by atoms with Crippen LogP contribution >= 0.6 is 11.6 Å². The number of aromatic nitrogens is 2. The number of morpholine rings is 1. The van der Waals surface area contributed by atoms with Gasteiger partial charge < -0.3 is 15.0 Å². The average Bonchev–Trinajstić information content (AvgIpc) is 2.70. The molecule has 2 aromatic rings. The molecule has 0 radical (unpaired) electrons. The fourth-order valence-electron chi connectivity index (χ4n) is 2.99. The Morgan fingerprint density at radius 2 is 1.93 bits per heavy atom. The van der Waals surface area contributed by atoms with E-state index in [1.165, 1.54) is 0 Å². The first-order valence-corrected chi connectivity index (χ1v) is 9.61. The van der Waals surface area contributed by atoms with Gasteiger partial charge in [0, 0.05) is 37.3 Å². The van der Waals surface area contributed by atoms with Crippen LogP contribution in [0.15, 0.2) is 30.5 Å². The quantitative estimate of drug-likeness (QED) is 0.796. The van der Waals surface area contributed by atoms with E-state index in [1.54, 1.807) is 30.2 Å². The van der Waals surface area contributed by atoms with Crippen LogP contribution in [0, 0.1) is 6.92 Å². The Bertz CT molecular complexity index is 836. The molecule has 0 atom stereocenters. The van der Waals surface area contributed by atoms with Crippen LogP contribution in [0.2, 0.25) is 5.02 Å². The summed E-state index contributed by atoms with van der Waals surface area (Å²) in [5.41, 5.74) is 2.03. The van der Waals surface area contributed by atoms with Crippen molar-refractivity contribution in [1.29, 1.82) is 0 Å². The summed E-state index contributed by atoms with van der Waals surface area (Å²) in [5, 5.41) is 3.52. The second-order valence-corrected chi connectivity index (χ2v) is 7.02. The van der Waals surface area contributed by atoms with Gasteiger partial charge in [0.15, 0.2) is 0 Å². The minimum absolute atomic E-state index is 0.0887. The first kappa shape index (κ1) is 20.2. The molecule has 2 heterocycles. The smallest absolute Gasteiger partial charge is 0.257 e. The molecule has 1 aliphatic rings. The molecule has 148 valence electrons. The molecular weight excluding hydrogens is 380 g/mol. The van der Waals surface area contributed by atoms with E-state index in [4.69, 9.17) is 16.3 Å². The zero-order valence-electron chi connectivity index (χ0n) is 15.8. The van der Waals surface area contributed by atoms with Crippen LogP contribution in [0.1, 0.15) is 27.4 Å². The minimum Gasteiger partial charge on any atom is -0.378 e. The van der Waals surface area contributed by atoms with Crippen molar-refractivity contribution in [2.75, 3.05) is 32.8 Å². The van der Waals surface area contributed by atoms with E-state index < -0.39 is 0 Å². The first-order chi connectivity index (χ1) is 13.5. The lowest BCUT2D eigenvalue weighted by atomic mass is 10.1. The van der Waals surface area contributed by atoms with Crippen LogP contribution in [-0.4, -0.2) is 59.5 Å². The molecule has 2 amide bonds. The molecule has 1 fully saturated rings. The van der Waals surface area contributed by atoms with Crippen molar-refractivity contribution < 1.29 is 14.3 Å². The fourth-order valence-corrected chi connectivity index (χ4v) is 3.12. The highest BCUT2D eigenvalue weighted by molar-refractivity contribution is 6.30. The Balaban J connectivity index is 1.58. The highest BCUT2D eigenvalue weighted by Crippen LogP contribution is 2.12. The van der Waals surface area contributed by atoms with Gasteiger partial charge in [-0.15, -0.1) is 0 Å². The molecule has 8 heteroatoms. The van der Waals surface area contributed by atoms with Gasteiger partial charge in [0.05, 0.1) is 30.9 Å². The summed E-state index contributed by atoms with van der Waals surface area (Å²) in [6.45, 7) is 4.37. The van der Waals surface area contributed by atoms with Crippen LogP contribution in [-0.2, 0) is 22.4 Å². The van der Waals surface area contributed by atoms with Gasteiger partial charge >= 0.3 is 0 Å². The Kier molecular flexibility index (Phi) is 6.95. The van der Waals surface area contributed by atoms with Crippen molar-refractivity contribution in [3.05, 3.63) is 58.1 Å². The third-order valence-electron chi connectivity index (χ3n) is 4.48. The summed E-state index contributed by atoms with van der Waals surface area (Å²) in [6.07, 6.45) is 2.31. The molecule has 0 spiro atoms. The molecular formula is C20H23ClN4O3. The molecule has 1 aliphatic heterocycles. The Morgan fingerprint density at radius 1 is 1.21 bits per heavy atom. The Hall–Kier alpha value is -2.51. The van der Waals surface area contributed by atoms with Crippen molar-refractivity contribution in [3.63, 3.8) is 0 Å². The Morgan fingerprint density at radius 3 is 2.64 bits per heavy atom. The number of hydrogen-bond donors (Lipinski definition) is 1. The number of aryl methyl sites for hydroxylation is 1. The zero-order chi connectivity index (χ0) is 19.9. The van der Waals surface area contributed by atoms with Gasteiger partial charge in [-0.25, -0.2) is 9.97 Å². The fraction of sp³-hybridized carbons (Fsp3) is 0.400. The van der Waals surface area contributed by atoms with E-state index in [1.807, 2.05) is 12.1 Å². The number of hydrogen-bond acceptors (Lipinski definition) is 5. The second kappa shape index (κ2) is 9.61. The van der Waals surface area contributed by atoms with E-state index in [0.29, 0.717) is 61.4 Å². The molecule has 0 bridgehead atoms. The largest absolute Gasteiger partial charge is 0.378 e. The number of benzene rings is 1. The van der Waals surface area contributed by atoms with Crippen LogP contribution in [0.25, 0.3) is 0 Å². The van der Waals surface area contributed by atoms with Gasteiger partial charge in [-0.2, -0.15) is 0 Å². The van der Waals surface area contributed by atoms with E-state index >= 15 is 0 Å². The maximum absolute atomic E-state index is 12.8. The number of nitrogens with zero attached hydrogens (tertiary/aromatic N) is 3. The predicted octanol–water partition coefficient (Wildman–Crippen LogP) is 1.81. The molecule has 28 heavy (non-hydrogen) atoms. The Labute approximate surface area is 169 Å². The molecule has 3 rings (SSSR count). The average molecular weight is 403 g/mol. The number of amides is 2. The van der Waals surface area contributed by atoms with Crippen molar-refractivity contribution in [2.24, 2.45) is 0 Å². The molecule has 1 aromatic carbocycles. The molecule has 1 aromatic heterocycles. The van der Waals surface area contributed by atoms with Gasteiger partial charge in [-0.05, 0) is 24.6 Å². The summed E-state index contributed by atoms with van der Waals surface area (Å²) < 4.78 is 5.30. The monoisotopic (exact) mass is 402 g/mol. The zero-order valence-corrected chi connectivity index (χ0v) is 16.5. The van der Waals surface area contributed by atoms with Crippen LogP contribution < -0.4 is 5.32 Å². The summed E-state index contributed by atoms with van der Waals surface area (Å²) in [6, 6.07) is 7.18. The lowest BCUT2D eigenvalue weighted by Gasteiger charge is -2.27. The van der Waals surface area contributed by atoms with Crippen LogP contribution in [0.4, 0.5) is 0 Å². The molecule has 7 nitrogen and oxygen atoms in total. The second-order valence-electron chi connectivity index (χ2n) is 6.59. The SMILES string of the molecule is Cc1ncc(C(=O)N2CCOCC2)c(CCNC(=O)Cc2ccc(Cl)cc2)n1. The van der Waals surface area contributed by atoms with E-state index in [0.717, 1.165) is 5.56 Å². The third-order valence-corrected chi connectivity index (χ3v) is 4.73. The number of rotatable bonds is 6. The lowest BCUT2D eigenvalue weighted by molar-refractivity contribution is -0.120. The number of halogens is 1. The number of carbonyl (C=O) groups excluding carboxylic acids is 2. The van der Waals surface area contributed by atoms with Crippen molar-refractivity contribution in [1.82, 2.24) is 20.2 Å². The molecule has 0 saturated carbocycles. The van der Waals surface area contributed by atoms with E-state index in [2.05, 4.69) is 15.3 Å². The van der Waals surface area contributed by atoms with Crippen molar-refractivity contribution >= 4 is 23.4 Å². The normalized spacial score (nSPS) is 14.0. The highest BCUT2D eigenvalue weighted by Gasteiger charge is 2.22. The van der Waals surface area contributed by atoms with E-state index in [9.17, 15) is 9.59 Å². The summed E-state index contributed by atoms with van der Waals surface area (Å²) in [5.74, 6) is 0.418. The maximum Gasteiger partial charge on any atom is 0.257 e. The van der Waals surface area contributed by atoms with E-state index in [-0.39, 0.29) is 18.2 Å². The van der Waals surface area contributed by atoms with Crippen LogP contribution in [0.5, 0.6) is 0 Å². The number of nitrogens with one attached hydrogen (secondary N) is 1. The van der Waals surface area contributed by atoms with Crippen LogP contribution in [0.3, 0.4) is 0 Å². The summed E-state index contributed by atoms with van der Waals surface area (Å²) in [4.78, 5) is 35.3. The number of carbonyl (C=O) groups is 2. The molecule has 1 saturated heterocycles. The number of ether oxygens (including phenoxy) is 1. The van der Waals surface area contributed by atoms with Gasteiger partial charge in [0.1, 0.15) is 5.82 Å². The van der Waals surface area contributed by atoms with Crippen molar-refractivity contribution in [3.8, 4) is 0 Å². The van der Waals surface area contributed by atoms with Crippen molar-refractivity contribution in [2.45, 2.75) is 19.8 Å². The third kappa shape index (κ3) is 5.50. The van der Waals surface area contributed by atoms with Gasteiger partial charge in [0.25, 0.3) is 5.91 Å². The van der Waals surface area contributed by atoms with Gasteiger partial charge in [-0.3, -0.25) is 9.59 Å². The molecule has 1 N–H and O–H groups in total. The topological polar surface area (TPSA) is 84.4 Å². The lowest BCUT2D eigenvalue weighted by Crippen LogP contribution is -2.41.